The zero-order chi connectivity index (χ0) is 27.9. The van der Waals surface area contributed by atoms with E-state index < -0.39 is 17.7 Å². The van der Waals surface area contributed by atoms with Gasteiger partial charge in [0.2, 0.25) is 0 Å². The number of ether oxygens (including phenoxy) is 1. The quantitative estimate of drug-likeness (QED) is 0.259. The molecular formula is C26H25ClF3N7O2. The van der Waals surface area contributed by atoms with Crippen LogP contribution in [0.1, 0.15) is 47.1 Å². The Kier molecular flexibility index (Phi) is 7.06. The molecule has 4 aromatic rings. The number of halogens is 4. The average Bonchev–Trinajstić information content (AvgIpc) is 3.60. The molecule has 13 heteroatoms. The van der Waals surface area contributed by atoms with Crippen molar-refractivity contribution in [2.75, 3.05) is 11.9 Å². The predicted octanol–water partition coefficient (Wildman–Crippen LogP) is 6.15. The first-order valence-electron chi connectivity index (χ1n) is 12.3. The van der Waals surface area contributed by atoms with Gasteiger partial charge in [-0.15, -0.1) is 0 Å². The number of benzene rings is 1. The largest absolute Gasteiger partial charge is 0.461 e. The van der Waals surface area contributed by atoms with Gasteiger partial charge in [0.05, 0.1) is 28.6 Å². The first-order valence-corrected chi connectivity index (χ1v) is 12.7. The number of rotatable bonds is 8. The molecule has 1 aliphatic rings. The second kappa shape index (κ2) is 10.3. The Morgan fingerprint density at radius 1 is 1.15 bits per heavy atom. The van der Waals surface area contributed by atoms with Crippen molar-refractivity contribution in [1.82, 2.24) is 29.5 Å². The van der Waals surface area contributed by atoms with Crippen molar-refractivity contribution in [3.8, 4) is 17.1 Å². The number of hydrogen-bond acceptors (Lipinski definition) is 7. The van der Waals surface area contributed by atoms with Crippen LogP contribution in [-0.2, 0) is 17.5 Å². The van der Waals surface area contributed by atoms with Crippen molar-refractivity contribution < 1.29 is 22.7 Å². The Bertz CT molecular complexity index is 1530. The summed E-state index contributed by atoms with van der Waals surface area (Å²) >= 11 is 6.34. The maximum Gasteiger partial charge on any atom is 0.416 e. The lowest BCUT2D eigenvalue weighted by atomic mass is 10.1. The predicted molar refractivity (Wildman–Crippen MR) is 138 cm³/mol. The van der Waals surface area contributed by atoms with Crippen LogP contribution in [0.3, 0.4) is 0 Å². The molecule has 0 spiro atoms. The number of esters is 1. The van der Waals surface area contributed by atoms with Gasteiger partial charge in [0, 0.05) is 23.7 Å². The molecular weight excluding hydrogens is 535 g/mol. The van der Waals surface area contributed by atoms with Crippen LogP contribution in [0.25, 0.3) is 17.1 Å². The summed E-state index contributed by atoms with van der Waals surface area (Å²) in [4.78, 5) is 21.1. The van der Waals surface area contributed by atoms with Crippen LogP contribution in [0.5, 0.6) is 0 Å². The van der Waals surface area contributed by atoms with E-state index in [4.69, 9.17) is 21.4 Å². The van der Waals surface area contributed by atoms with E-state index in [1.165, 1.54) is 23.1 Å². The Morgan fingerprint density at radius 2 is 1.87 bits per heavy atom. The molecule has 0 atom stereocenters. The van der Waals surface area contributed by atoms with Crippen LogP contribution >= 0.6 is 11.6 Å². The van der Waals surface area contributed by atoms with Crippen LogP contribution in [0.4, 0.5) is 24.8 Å². The van der Waals surface area contributed by atoms with E-state index in [1.54, 1.807) is 19.9 Å². The lowest BCUT2D eigenvalue weighted by Crippen LogP contribution is -2.14. The second-order valence-corrected chi connectivity index (χ2v) is 9.67. The number of carbonyl (C=O) groups is 1. The fraction of sp³-hybridized carbons (Fsp3) is 0.346. The zero-order valence-corrected chi connectivity index (χ0v) is 22.1. The highest BCUT2D eigenvalue weighted by atomic mass is 35.5. The summed E-state index contributed by atoms with van der Waals surface area (Å²) in [6.07, 6.45) is -0.921. The molecule has 3 aromatic heterocycles. The lowest BCUT2D eigenvalue weighted by Gasteiger charge is -2.11. The minimum absolute atomic E-state index is 0.0558. The Hall–Kier alpha value is -3.93. The monoisotopic (exact) mass is 559 g/mol. The number of anilines is 2. The van der Waals surface area contributed by atoms with Crippen molar-refractivity contribution in [1.29, 1.82) is 0 Å². The molecule has 204 valence electrons. The fourth-order valence-corrected chi connectivity index (χ4v) is 4.38. The number of aryl methyl sites for hydroxylation is 1. The Labute approximate surface area is 227 Å². The molecule has 0 unspecified atom stereocenters. The SMILES string of the molecule is CCOC(=O)c1c(Cl)c(C)nn1-c1cc(Nc2c(C)c(-c3ccc(C(F)(F)F)cc3)nn2CC2CC2)ncn1. The third-order valence-electron chi connectivity index (χ3n) is 6.38. The van der Waals surface area contributed by atoms with Crippen molar-refractivity contribution in [3.05, 3.63) is 64.2 Å². The van der Waals surface area contributed by atoms with Crippen molar-refractivity contribution >= 4 is 29.2 Å². The lowest BCUT2D eigenvalue weighted by molar-refractivity contribution is -0.137. The van der Waals surface area contributed by atoms with Gasteiger partial charge in [-0.25, -0.2) is 24.1 Å². The van der Waals surface area contributed by atoms with E-state index in [-0.39, 0.29) is 17.3 Å². The highest BCUT2D eigenvalue weighted by molar-refractivity contribution is 6.34. The molecule has 0 radical (unpaired) electrons. The summed E-state index contributed by atoms with van der Waals surface area (Å²) in [7, 11) is 0. The number of nitrogens with zero attached hydrogens (tertiary/aromatic N) is 6. The van der Waals surface area contributed by atoms with Crippen molar-refractivity contribution in [2.24, 2.45) is 5.92 Å². The molecule has 1 N–H and O–H groups in total. The molecule has 1 saturated carbocycles. The molecule has 1 aliphatic carbocycles. The normalized spacial score (nSPS) is 13.5. The topological polar surface area (TPSA) is 99.8 Å². The van der Waals surface area contributed by atoms with Gasteiger partial charge in [-0.05, 0) is 51.7 Å². The third-order valence-corrected chi connectivity index (χ3v) is 6.83. The smallest absolute Gasteiger partial charge is 0.416 e. The maximum atomic E-state index is 13.1. The summed E-state index contributed by atoms with van der Waals surface area (Å²) in [5.74, 6) is 1.20. The van der Waals surface area contributed by atoms with Gasteiger partial charge in [-0.2, -0.15) is 23.4 Å². The van der Waals surface area contributed by atoms with E-state index in [9.17, 15) is 18.0 Å². The molecule has 0 bridgehead atoms. The van der Waals surface area contributed by atoms with Gasteiger partial charge in [-0.3, -0.25) is 0 Å². The molecule has 0 amide bonds. The minimum Gasteiger partial charge on any atom is -0.461 e. The fourth-order valence-electron chi connectivity index (χ4n) is 4.18. The highest BCUT2D eigenvalue weighted by Crippen LogP contribution is 2.37. The Morgan fingerprint density at radius 3 is 2.51 bits per heavy atom. The van der Waals surface area contributed by atoms with Crippen LogP contribution in [0.15, 0.2) is 36.7 Å². The summed E-state index contributed by atoms with van der Waals surface area (Å²) in [6, 6.07) is 6.56. The van der Waals surface area contributed by atoms with Gasteiger partial charge in [0.25, 0.3) is 0 Å². The van der Waals surface area contributed by atoms with Gasteiger partial charge in [0.15, 0.2) is 11.5 Å². The molecule has 1 fully saturated rings. The number of hydrogen-bond donors (Lipinski definition) is 1. The minimum atomic E-state index is -4.42. The van der Waals surface area contributed by atoms with E-state index in [2.05, 4.69) is 20.4 Å². The van der Waals surface area contributed by atoms with Gasteiger partial charge < -0.3 is 10.1 Å². The second-order valence-electron chi connectivity index (χ2n) is 9.29. The third kappa shape index (κ3) is 5.47. The maximum absolute atomic E-state index is 13.1. The number of aromatic nitrogens is 6. The molecule has 0 aliphatic heterocycles. The van der Waals surface area contributed by atoms with Crippen LogP contribution in [0.2, 0.25) is 5.02 Å². The number of alkyl halides is 3. The van der Waals surface area contributed by atoms with E-state index in [1.807, 2.05) is 11.6 Å². The van der Waals surface area contributed by atoms with Crippen LogP contribution in [0, 0.1) is 19.8 Å². The van der Waals surface area contributed by atoms with E-state index in [0.717, 1.165) is 30.5 Å². The first-order chi connectivity index (χ1) is 18.6. The van der Waals surface area contributed by atoms with E-state index in [0.29, 0.717) is 46.9 Å². The Balaban J connectivity index is 1.50. The summed E-state index contributed by atoms with van der Waals surface area (Å²) < 4.78 is 47.5. The van der Waals surface area contributed by atoms with Gasteiger partial charge in [0.1, 0.15) is 18.0 Å². The summed E-state index contributed by atoms with van der Waals surface area (Å²) in [5, 5.41) is 12.5. The van der Waals surface area contributed by atoms with E-state index >= 15 is 0 Å². The van der Waals surface area contributed by atoms with Crippen molar-refractivity contribution in [2.45, 2.75) is 46.3 Å². The first kappa shape index (κ1) is 26.7. The molecule has 3 heterocycles. The highest BCUT2D eigenvalue weighted by Gasteiger charge is 2.31. The van der Waals surface area contributed by atoms with Crippen LogP contribution in [-0.4, -0.2) is 42.1 Å². The molecule has 1 aromatic carbocycles. The number of carbonyl (C=O) groups excluding carboxylic acids is 1. The molecule has 39 heavy (non-hydrogen) atoms. The summed E-state index contributed by atoms with van der Waals surface area (Å²) in [6.45, 7) is 6.04. The molecule has 0 saturated heterocycles. The number of nitrogens with one attached hydrogen (secondary N) is 1. The van der Waals surface area contributed by atoms with Crippen molar-refractivity contribution in [3.63, 3.8) is 0 Å². The van der Waals surface area contributed by atoms with Gasteiger partial charge in [-0.1, -0.05) is 23.7 Å². The average molecular weight is 560 g/mol. The standard InChI is InChI=1S/C26H25ClF3N7O2/c1-4-39-25(38)23-21(27)15(3)34-37(23)20-11-19(31-13-32-20)33-24-14(2)22(35-36(24)12-16-5-6-16)17-7-9-18(10-8-17)26(28,29)30/h7-11,13,16H,4-6,12H2,1-3H3,(H,31,32,33). The summed E-state index contributed by atoms with van der Waals surface area (Å²) in [5.41, 5.74) is 1.67. The zero-order valence-electron chi connectivity index (χ0n) is 21.4. The molecule has 9 nitrogen and oxygen atoms in total. The molecule has 5 rings (SSSR count). The van der Waals surface area contributed by atoms with Gasteiger partial charge >= 0.3 is 12.1 Å². The van der Waals surface area contributed by atoms with Crippen LogP contribution < -0.4 is 5.32 Å².